The smallest absolute Gasteiger partial charge is 0.122 e. The fraction of sp³-hybridized carbons (Fsp3) is 0.667. The minimum atomic E-state index is -0.120. The highest BCUT2D eigenvalue weighted by atomic mass is 16.5. The van der Waals surface area contributed by atoms with Gasteiger partial charge in [0.2, 0.25) is 0 Å². The van der Waals surface area contributed by atoms with Gasteiger partial charge in [0, 0.05) is 18.0 Å². The van der Waals surface area contributed by atoms with Crippen molar-refractivity contribution in [3.63, 3.8) is 0 Å². The maximum Gasteiger partial charge on any atom is 0.122 e. The summed E-state index contributed by atoms with van der Waals surface area (Å²) in [4.78, 5) is 0. The molecule has 1 aromatic carbocycles. The van der Waals surface area contributed by atoms with Gasteiger partial charge in [0.15, 0.2) is 0 Å². The van der Waals surface area contributed by atoms with E-state index in [0.717, 1.165) is 37.9 Å². The van der Waals surface area contributed by atoms with Gasteiger partial charge >= 0.3 is 0 Å². The normalized spacial score (nSPS) is 29.3. The van der Waals surface area contributed by atoms with Gasteiger partial charge in [0.25, 0.3) is 0 Å². The molecule has 1 aromatic rings. The zero-order valence-electron chi connectivity index (χ0n) is 13.0. The molecule has 2 aliphatic rings. The van der Waals surface area contributed by atoms with Crippen molar-refractivity contribution in [1.29, 1.82) is 0 Å². The zero-order chi connectivity index (χ0) is 14.7. The SMILES string of the molecule is CCc1ccccc1OC1CCCC(CO)(NC2CC2)C1. The summed E-state index contributed by atoms with van der Waals surface area (Å²) in [6.07, 6.45) is 7.91. The van der Waals surface area contributed by atoms with Gasteiger partial charge in [-0.3, -0.25) is 0 Å². The average Bonchev–Trinajstić information content (AvgIpc) is 3.32. The fourth-order valence-electron chi connectivity index (χ4n) is 3.48. The minimum absolute atomic E-state index is 0.120. The van der Waals surface area contributed by atoms with Crippen LogP contribution in [-0.4, -0.2) is 29.4 Å². The average molecular weight is 289 g/mol. The first kappa shape index (κ1) is 14.9. The third kappa shape index (κ3) is 3.58. The summed E-state index contributed by atoms with van der Waals surface area (Å²) in [7, 11) is 0. The molecule has 0 bridgehead atoms. The Labute approximate surface area is 127 Å². The maximum atomic E-state index is 9.88. The second-order valence-electron chi connectivity index (χ2n) is 6.65. The molecule has 0 radical (unpaired) electrons. The summed E-state index contributed by atoms with van der Waals surface area (Å²) < 4.78 is 6.29. The largest absolute Gasteiger partial charge is 0.490 e. The fourth-order valence-corrected chi connectivity index (χ4v) is 3.48. The summed E-state index contributed by atoms with van der Waals surface area (Å²) in [6.45, 7) is 2.38. The number of rotatable bonds is 6. The van der Waals surface area contributed by atoms with Crippen molar-refractivity contribution in [2.45, 2.75) is 69.6 Å². The molecular weight excluding hydrogens is 262 g/mol. The van der Waals surface area contributed by atoms with Crippen molar-refractivity contribution in [2.75, 3.05) is 6.61 Å². The molecule has 2 aliphatic carbocycles. The van der Waals surface area contributed by atoms with E-state index in [9.17, 15) is 5.11 Å². The lowest BCUT2D eigenvalue weighted by Crippen LogP contribution is -2.54. The number of hydrogen-bond donors (Lipinski definition) is 2. The Kier molecular flexibility index (Phi) is 4.51. The molecule has 0 amide bonds. The van der Waals surface area contributed by atoms with Crippen LogP contribution in [0.1, 0.15) is 51.0 Å². The number of benzene rings is 1. The van der Waals surface area contributed by atoms with Crippen molar-refractivity contribution in [3.8, 4) is 5.75 Å². The van der Waals surface area contributed by atoms with Crippen LogP contribution in [0.5, 0.6) is 5.75 Å². The molecule has 3 nitrogen and oxygen atoms in total. The highest BCUT2D eigenvalue weighted by molar-refractivity contribution is 5.33. The topological polar surface area (TPSA) is 41.5 Å². The molecule has 2 atom stereocenters. The van der Waals surface area contributed by atoms with Crippen LogP contribution < -0.4 is 10.1 Å². The second kappa shape index (κ2) is 6.37. The van der Waals surface area contributed by atoms with E-state index in [0.29, 0.717) is 6.04 Å². The predicted molar refractivity (Wildman–Crippen MR) is 84.7 cm³/mol. The van der Waals surface area contributed by atoms with E-state index in [1.165, 1.54) is 18.4 Å². The summed E-state index contributed by atoms with van der Waals surface area (Å²) in [5, 5.41) is 13.6. The molecular formula is C18H27NO2. The second-order valence-corrected chi connectivity index (χ2v) is 6.65. The molecule has 2 saturated carbocycles. The quantitative estimate of drug-likeness (QED) is 0.846. The lowest BCUT2D eigenvalue weighted by Gasteiger charge is -2.40. The Bertz CT molecular complexity index is 472. The lowest BCUT2D eigenvalue weighted by atomic mass is 9.80. The number of nitrogens with one attached hydrogen (secondary N) is 1. The molecule has 3 heteroatoms. The van der Waals surface area contributed by atoms with Crippen LogP contribution in [0.15, 0.2) is 24.3 Å². The van der Waals surface area contributed by atoms with E-state index in [1.54, 1.807) is 0 Å². The minimum Gasteiger partial charge on any atom is -0.490 e. The van der Waals surface area contributed by atoms with Crippen LogP contribution in [0, 0.1) is 0 Å². The molecule has 2 fully saturated rings. The standard InChI is InChI=1S/C18H27NO2/c1-2-14-6-3-4-8-17(14)21-16-7-5-11-18(12-16,13-20)19-15-9-10-15/h3-4,6,8,15-16,19-20H,2,5,7,9-13H2,1H3. The lowest BCUT2D eigenvalue weighted by molar-refractivity contribution is 0.0493. The molecule has 0 heterocycles. The van der Waals surface area contributed by atoms with Gasteiger partial charge in [-0.05, 0) is 50.2 Å². The van der Waals surface area contributed by atoms with Crippen molar-refractivity contribution in [2.24, 2.45) is 0 Å². The van der Waals surface area contributed by atoms with E-state index in [2.05, 4.69) is 30.4 Å². The first-order valence-electron chi connectivity index (χ1n) is 8.38. The van der Waals surface area contributed by atoms with E-state index >= 15 is 0 Å². The van der Waals surface area contributed by atoms with Gasteiger partial charge in [-0.25, -0.2) is 0 Å². The molecule has 2 N–H and O–H groups in total. The van der Waals surface area contributed by atoms with Crippen molar-refractivity contribution in [3.05, 3.63) is 29.8 Å². The van der Waals surface area contributed by atoms with Gasteiger partial charge in [-0.2, -0.15) is 0 Å². The third-order valence-electron chi connectivity index (χ3n) is 4.84. The first-order valence-corrected chi connectivity index (χ1v) is 8.38. The molecule has 0 saturated heterocycles. The highest BCUT2D eigenvalue weighted by Crippen LogP contribution is 2.35. The molecule has 0 aromatic heterocycles. The Morgan fingerprint density at radius 2 is 2.10 bits per heavy atom. The number of aryl methyl sites for hydroxylation is 1. The molecule has 2 unspecified atom stereocenters. The van der Waals surface area contributed by atoms with Crippen molar-refractivity contribution < 1.29 is 9.84 Å². The number of aliphatic hydroxyl groups excluding tert-OH is 1. The first-order chi connectivity index (χ1) is 10.2. The zero-order valence-corrected chi connectivity index (χ0v) is 13.0. The molecule has 21 heavy (non-hydrogen) atoms. The molecule has 0 spiro atoms. The Hall–Kier alpha value is -1.06. The van der Waals surface area contributed by atoms with Crippen LogP contribution in [0.4, 0.5) is 0 Å². The summed E-state index contributed by atoms with van der Waals surface area (Å²) >= 11 is 0. The van der Waals surface area contributed by atoms with E-state index < -0.39 is 0 Å². The molecule has 116 valence electrons. The van der Waals surface area contributed by atoms with E-state index in [4.69, 9.17) is 4.74 Å². The molecule has 0 aliphatic heterocycles. The molecule has 3 rings (SSSR count). The van der Waals surface area contributed by atoms with Gasteiger partial charge in [0.1, 0.15) is 11.9 Å². The van der Waals surface area contributed by atoms with E-state index in [-0.39, 0.29) is 18.2 Å². The summed E-state index contributed by atoms with van der Waals surface area (Å²) in [6, 6.07) is 8.94. The van der Waals surface area contributed by atoms with Crippen molar-refractivity contribution >= 4 is 0 Å². The van der Waals surface area contributed by atoms with Crippen LogP contribution in [-0.2, 0) is 6.42 Å². The number of hydrogen-bond acceptors (Lipinski definition) is 3. The number of ether oxygens (including phenoxy) is 1. The number of aliphatic hydroxyl groups is 1. The summed E-state index contributed by atoms with van der Waals surface area (Å²) in [5.41, 5.74) is 1.15. The third-order valence-corrected chi connectivity index (χ3v) is 4.84. The number of para-hydroxylation sites is 1. The summed E-state index contributed by atoms with van der Waals surface area (Å²) in [5.74, 6) is 1.02. The van der Waals surface area contributed by atoms with Crippen LogP contribution in [0.3, 0.4) is 0 Å². The Balaban J connectivity index is 1.67. The van der Waals surface area contributed by atoms with Gasteiger partial charge in [-0.1, -0.05) is 25.1 Å². The van der Waals surface area contributed by atoms with Gasteiger partial charge in [0.05, 0.1) is 6.61 Å². The van der Waals surface area contributed by atoms with Gasteiger partial charge in [-0.15, -0.1) is 0 Å². The van der Waals surface area contributed by atoms with Crippen LogP contribution in [0.2, 0.25) is 0 Å². The van der Waals surface area contributed by atoms with Crippen LogP contribution >= 0.6 is 0 Å². The van der Waals surface area contributed by atoms with E-state index in [1.807, 2.05) is 6.07 Å². The highest BCUT2D eigenvalue weighted by Gasteiger charge is 2.40. The predicted octanol–water partition coefficient (Wildman–Crippen LogP) is 3.05. The van der Waals surface area contributed by atoms with Crippen molar-refractivity contribution in [1.82, 2.24) is 5.32 Å². The maximum absolute atomic E-state index is 9.88. The monoisotopic (exact) mass is 289 g/mol. The van der Waals surface area contributed by atoms with Crippen LogP contribution in [0.25, 0.3) is 0 Å². The van der Waals surface area contributed by atoms with Gasteiger partial charge < -0.3 is 15.2 Å². The Morgan fingerprint density at radius 3 is 2.81 bits per heavy atom. The Morgan fingerprint density at radius 1 is 1.29 bits per heavy atom.